The molecule has 0 aliphatic rings. The summed E-state index contributed by atoms with van der Waals surface area (Å²) in [6.07, 6.45) is 2.24. The standard InChI is InChI=1S/C25H23N5O2S/c1-15-6-8-17(9-7-15)25-27-18(14-33-25)10-11-26-24(31)19-13-20(21-5-4-12-32-21)28-23-22(19)16(2)29-30(23)3/h4-9,12-14H,10-11H2,1-3H3,(H,26,31). The van der Waals surface area contributed by atoms with Gasteiger partial charge in [-0.15, -0.1) is 11.3 Å². The fraction of sp³-hybridized carbons (Fsp3) is 0.200. The van der Waals surface area contributed by atoms with E-state index in [4.69, 9.17) is 9.40 Å². The average Bonchev–Trinajstić information content (AvgIpc) is 3.56. The summed E-state index contributed by atoms with van der Waals surface area (Å²) in [6, 6.07) is 13.7. The Bertz CT molecular complexity index is 1430. The molecule has 0 aliphatic heterocycles. The Morgan fingerprint density at radius 2 is 1.97 bits per heavy atom. The molecule has 1 aromatic carbocycles. The van der Waals surface area contributed by atoms with Crippen LogP contribution in [-0.4, -0.2) is 32.2 Å². The van der Waals surface area contributed by atoms with Gasteiger partial charge in [0.25, 0.3) is 5.91 Å². The van der Waals surface area contributed by atoms with Crippen LogP contribution in [0.5, 0.6) is 0 Å². The van der Waals surface area contributed by atoms with Gasteiger partial charge in [0.2, 0.25) is 0 Å². The van der Waals surface area contributed by atoms with E-state index in [-0.39, 0.29) is 5.91 Å². The van der Waals surface area contributed by atoms with E-state index >= 15 is 0 Å². The zero-order valence-electron chi connectivity index (χ0n) is 18.6. The Balaban J connectivity index is 1.34. The van der Waals surface area contributed by atoms with Gasteiger partial charge in [-0.25, -0.2) is 9.97 Å². The van der Waals surface area contributed by atoms with Crippen molar-refractivity contribution in [2.45, 2.75) is 20.3 Å². The predicted octanol–water partition coefficient (Wildman–Crippen LogP) is 4.94. The van der Waals surface area contributed by atoms with Gasteiger partial charge in [-0.2, -0.15) is 5.10 Å². The van der Waals surface area contributed by atoms with Gasteiger partial charge < -0.3 is 9.73 Å². The maximum absolute atomic E-state index is 13.2. The average molecular weight is 458 g/mol. The minimum Gasteiger partial charge on any atom is -0.463 e. The Hall–Kier alpha value is -3.78. The second-order valence-electron chi connectivity index (χ2n) is 7.96. The molecule has 0 radical (unpaired) electrons. The van der Waals surface area contributed by atoms with Crippen LogP contribution < -0.4 is 5.32 Å². The van der Waals surface area contributed by atoms with Crippen molar-refractivity contribution in [3.63, 3.8) is 0 Å². The molecule has 5 aromatic rings. The van der Waals surface area contributed by atoms with Gasteiger partial charge in [-0.05, 0) is 32.0 Å². The SMILES string of the molecule is Cc1ccc(-c2nc(CCNC(=O)c3cc(-c4ccco4)nc4c3c(C)nn4C)cs2)cc1. The second kappa shape index (κ2) is 8.63. The number of carbonyl (C=O) groups excluding carboxylic acids is 1. The number of carbonyl (C=O) groups is 1. The van der Waals surface area contributed by atoms with Crippen LogP contribution in [0.4, 0.5) is 0 Å². The molecule has 4 heterocycles. The number of rotatable bonds is 6. The van der Waals surface area contributed by atoms with Crippen molar-refractivity contribution in [3.8, 4) is 22.0 Å². The summed E-state index contributed by atoms with van der Waals surface area (Å²) in [5, 5.41) is 11.3. The fourth-order valence-corrected chi connectivity index (χ4v) is 4.68. The van der Waals surface area contributed by atoms with E-state index in [0.29, 0.717) is 35.6 Å². The van der Waals surface area contributed by atoms with Gasteiger partial charge in [0.05, 0.1) is 28.6 Å². The molecule has 0 bridgehead atoms. The summed E-state index contributed by atoms with van der Waals surface area (Å²) >= 11 is 1.62. The van der Waals surface area contributed by atoms with Crippen LogP contribution in [0.15, 0.2) is 58.5 Å². The van der Waals surface area contributed by atoms with E-state index in [1.54, 1.807) is 34.4 Å². The van der Waals surface area contributed by atoms with Crippen molar-refractivity contribution >= 4 is 28.3 Å². The molecule has 4 aromatic heterocycles. The molecular weight excluding hydrogens is 434 g/mol. The predicted molar refractivity (Wildman–Crippen MR) is 129 cm³/mol. The van der Waals surface area contributed by atoms with Crippen LogP contribution in [0.25, 0.3) is 33.1 Å². The highest BCUT2D eigenvalue weighted by Gasteiger charge is 2.20. The van der Waals surface area contributed by atoms with Crippen LogP contribution in [0.2, 0.25) is 0 Å². The molecule has 0 saturated heterocycles. The first-order valence-corrected chi connectivity index (χ1v) is 11.6. The number of hydrogen-bond donors (Lipinski definition) is 1. The van der Waals surface area contributed by atoms with Gasteiger partial charge in [-0.3, -0.25) is 9.48 Å². The lowest BCUT2D eigenvalue weighted by molar-refractivity contribution is 0.0955. The Morgan fingerprint density at radius 3 is 2.73 bits per heavy atom. The number of nitrogens with one attached hydrogen (secondary N) is 1. The summed E-state index contributed by atoms with van der Waals surface area (Å²) in [4.78, 5) is 22.6. The van der Waals surface area contributed by atoms with Crippen molar-refractivity contribution in [2.24, 2.45) is 7.05 Å². The van der Waals surface area contributed by atoms with Crippen molar-refractivity contribution in [1.82, 2.24) is 25.1 Å². The Labute approximate surface area is 195 Å². The lowest BCUT2D eigenvalue weighted by Gasteiger charge is -2.08. The van der Waals surface area contributed by atoms with E-state index in [2.05, 4.69) is 46.6 Å². The summed E-state index contributed by atoms with van der Waals surface area (Å²) in [6.45, 7) is 4.44. The molecule has 0 unspecified atom stereocenters. The topological polar surface area (TPSA) is 85.8 Å². The molecule has 7 nitrogen and oxygen atoms in total. The number of aromatic nitrogens is 4. The molecule has 1 N–H and O–H groups in total. The maximum Gasteiger partial charge on any atom is 0.252 e. The van der Waals surface area contributed by atoms with Gasteiger partial charge in [-0.1, -0.05) is 29.8 Å². The largest absolute Gasteiger partial charge is 0.463 e. The summed E-state index contributed by atoms with van der Waals surface area (Å²) in [5.74, 6) is 0.441. The Kier molecular flexibility index (Phi) is 5.51. The maximum atomic E-state index is 13.2. The van der Waals surface area contributed by atoms with E-state index in [0.717, 1.165) is 27.3 Å². The number of fused-ring (bicyclic) bond motifs is 1. The number of thiazole rings is 1. The fourth-order valence-electron chi connectivity index (χ4n) is 3.82. The van der Waals surface area contributed by atoms with Gasteiger partial charge in [0, 0.05) is 31.0 Å². The first-order chi connectivity index (χ1) is 16.0. The first kappa shape index (κ1) is 21.1. The Morgan fingerprint density at radius 1 is 1.15 bits per heavy atom. The van der Waals surface area contributed by atoms with Gasteiger partial charge >= 0.3 is 0 Å². The van der Waals surface area contributed by atoms with Crippen molar-refractivity contribution < 1.29 is 9.21 Å². The van der Waals surface area contributed by atoms with Crippen LogP contribution in [0, 0.1) is 13.8 Å². The number of amides is 1. The molecular formula is C25H23N5O2S. The van der Waals surface area contributed by atoms with Gasteiger partial charge in [0.1, 0.15) is 10.7 Å². The minimum atomic E-state index is -0.166. The normalized spacial score (nSPS) is 11.2. The lowest BCUT2D eigenvalue weighted by atomic mass is 10.1. The van der Waals surface area contributed by atoms with Crippen LogP contribution in [0.3, 0.4) is 0 Å². The van der Waals surface area contributed by atoms with E-state index < -0.39 is 0 Å². The molecule has 0 fully saturated rings. The third-order valence-electron chi connectivity index (χ3n) is 5.50. The second-order valence-corrected chi connectivity index (χ2v) is 8.81. The summed E-state index contributed by atoms with van der Waals surface area (Å²) in [7, 11) is 1.82. The molecule has 0 spiro atoms. The molecule has 0 saturated carbocycles. The highest BCUT2D eigenvalue weighted by Crippen LogP contribution is 2.27. The lowest BCUT2D eigenvalue weighted by Crippen LogP contribution is -2.26. The molecule has 0 aliphatic carbocycles. The number of nitrogens with zero attached hydrogens (tertiary/aromatic N) is 4. The number of benzene rings is 1. The zero-order valence-corrected chi connectivity index (χ0v) is 19.4. The highest BCUT2D eigenvalue weighted by molar-refractivity contribution is 7.13. The van der Waals surface area contributed by atoms with Crippen molar-refractivity contribution in [3.05, 3.63) is 76.6 Å². The molecule has 1 amide bonds. The zero-order chi connectivity index (χ0) is 22.9. The highest BCUT2D eigenvalue weighted by atomic mass is 32.1. The third kappa shape index (κ3) is 4.17. The van der Waals surface area contributed by atoms with Crippen LogP contribution in [-0.2, 0) is 13.5 Å². The number of furan rings is 1. The van der Waals surface area contributed by atoms with Gasteiger partial charge in [0.15, 0.2) is 11.4 Å². The molecule has 33 heavy (non-hydrogen) atoms. The quantitative estimate of drug-likeness (QED) is 0.390. The number of hydrogen-bond acceptors (Lipinski definition) is 6. The first-order valence-electron chi connectivity index (χ1n) is 10.7. The van der Waals surface area contributed by atoms with Crippen LogP contribution >= 0.6 is 11.3 Å². The van der Waals surface area contributed by atoms with E-state index in [1.165, 1.54) is 5.56 Å². The summed E-state index contributed by atoms with van der Waals surface area (Å²) < 4.78 is 7.19. The molecule has 5 rings (SSSR count). The molecule has 8 heteroatoms. The minimum absolute atomic E-state index is 0.166. The number of pyridine rings is 1. The monoisotopic (exact) mass is 457 g/mol. The summed E-state index contributed by atoms with van der Waals surface area (Å²) in [5.41, 5.74) is 5.84. The van der Waals surface area contributed by atoms with Crippen LogP contribution in [0.1, 0.15) is 27.3 Å². The van der Waals surface area contributed by atoms with Crippen molar-refractivity contribution in [2.75, 3.05) is 6.54 Å². The van der Waals surface area contributed by atoms with E-state index in [9.17, 15) is 4.79 Å². The molecule has 166 valence electrons. The van der Waals surface area contributed by atoms with E-state index in [1.807, 2.05) is 25.4 Å². The van der Waals surface area contributed by atoms with Crippen molar-refractivity contribution in [1.29, 1.82) is 0 Å². The molecule has 0 atom stereocenters. The number of aryl methyl sites for hydroxylation is 3. The smallest absolute Gasteiger partial charge is 0.252 e. The third-order valence-corrected chi connectivity index (χ3v) is 6.44.